The fourth-order valence-electron chi connectivity index (χ4n) is 4.80. The van der Waals surface area contributed by atoms with Crippen molar-refractivity contribution in [1.82, 2.24) is 0 Å². The molecule has 1 unspecified atom stereocenters. The number of rotatable bonds is 2. The second kappa shape index (κ2) is 6.94. The van der Waals surface area contributed by atoms with E-state index in [9.17, 15) is 9.50 Å². The second-order valence-electron chi connectivity index (χ2n) is 8.88. The molecular weight excluding hydrogens is 457 g/mol. The molecule has 158 valence electrons. The van der Waals surface area contributed by atoms with E-state index in [-0.39, 0.29) is 17.8 Å². The number of fused-ring (bicyclic) bond motifs is 5. The second-order valence-corrected chi connectivity index (χ2v) is 9.73. The zero-order chi connectivity index (χ0) is 22.0. The van der Waals surface area contributed by atoms with E-state index in [1.807, 2.05) is 43.3 Å². The first-order chi connectivity index (χ1) is 14.7. The van der Waals surface area contributed by atoms with Gasteiger partial charge in [-0.1, -0.05) is 46.3 Å². The maximum Gasteiger partial charge on any atom is 0.240 e. The smallest absolute Gasteiger partial charge is 0.240 e. The Hall–Kier alpha value is -2.63. The standard InChI is InChI=1S/C26H23BrFNO2/c1-15-13-25(2,3)29-21-10-9-18-19-12-17(28)8-11-22(19)31-26(30,24(18)23(15)21)14-16-6-4-5-7-20(16)27/h4-13,29-30H,14H2,1-3H3. The Balaban J connectivity index is 1.79. The summed E-state index contributed by atoms with van der Waals surface area (Å²) < 4.78 is 21.3. The Kier molecular flexibility index (Phi) is 4.54. The number of allylic oxidation sites excluding steroid dienone is 1. The van der Waals surface area contributed by atoms with Crippen LogP contribution in [0.5, 0.6) is 5.75 Å². The van der Waals surface area contributed by atoms with E-state index in [1.54, 1.807) is 6.07 Å². The highest BCUT2D eigenvalue weighted by Crippen LogP contribution is 2.51. The summed E-state index contributed by atoms with van der Waals surface area (Å²) in [5.41, 5.74) is 5.67. The number of nitrogens with one attached hydrogen (secondary N) is 1. The van der Waals surface area contributed by atoms with Crippen LogP contribution in [0.2, 0.25) is 0 Å². The number of benzene rings is 3. The molecule has 0 radical (unpaired) electrons. The molecule has 5 heteroatoms. The molecule has 2 heterocycles. The number of ether oxygens (including phenoxy) is 1. The van der Waals surface area contributed by atoms with Gasteiger partial charge in [-0.15, -0.1) is 0 Å². The van der Waals surface area contributed by atoms with Gasteiger partial charge in [0.05, 0.1) is 5.54 Å². The lowest BCUT2D eigenvalue weighted by Gasteiger charge is -2.41. The van der Waals surface area contributed by atoms with Crippen molar-refractivity contribution in [2.24, 2.45) is 0 Å². The van der Waals surface area contributed by atoms with E-state index >= 15 is 0 Å². The zero-order valence-electron chi connectivity index (χ0n) is 17.6. The number of anilines is 1. The van der Waals surface area contributed by atoms with E-state index in [2.05, 4.69) is 41.2 Å². The van der Waals surface area contributed by atoms with Gasteiger partial charge in [-0.05, 0) is 67.8 Å². The summed E-state index contributed by atoms with van der Waals surface area (Å²) in [6.45, 7) is 6.25. The van der Waals surface area contributed by atoms with Gasteiger partial charge in [0.25, 0.3) is 0 Å². The first kappa shape index (κ1) is 20.3. The van der Waals surface area contributed by atoms with Gasteiger partial charge in [-0.2, -0.15) is 0 Å². The molecule has 0 spiro atoms. The molecule has 0 amide bonds. The van der Waals surface area contributed by atoms with Crippen LogP contribution in [0.25, 0.3) is 16.7 Å². The minimum Gasteiger partial charge on any atom is -0.457 e. The molecule has 5 rings (SSSR count). The van der Waals surface area contributed by atoms with Gasteiger partial charge in [-0.3, -0.25) is 0 Å². The lowest BCUT2D eigenvalue weighted by atomic mass is 9.79. The highest BCUT2D eigenvalue weighted by molar-refractivity contribution is 9.10. The molecule has 0 bridgehead atoms. The van der Waals surface area contributed by atoms with Crippen molar-refractivity contribution in [2.45, 2.75) is 38.5 Å². The molecule has 0 saturated heterocycles. The first-order valence-electron chi connectivity index (χ1n) is 10.3. The Labute approximate surface area is 189 Å². The third-order valence-corrected chi connectivity index (χ3v) is 6.70. The maximum atomic E-state index is 14.2. The SMILES string of the molecule is CC1=CC(C)(C)Nc2ccc3c(c21)C(O)(Cc1ccccc1Br)Oc1ccc(F)cc1-3. The third kappa shape index (κ3) is 3.36. The summed E-state index contributed by atoms with van der Waals surface area (Å²) in [4.78, 5) is 0. The maximum absolute atomic E-state index is 14.2. The monoisotopic (exact) mass is 479 g/mol. The van der Waals surface area contributed by atoms with Crippen molar-refractivity contribution in [3.05, 3.63) is 87.7 Å². The van der Waals surface area contributed by atoms with Crippen LogP contribution in [-0.2, 0) is 12.2 Å². The molecule has 0 aliphatic carbocycles. The molecule has 1 atom stereocenters. The third-order valence-electron chi connectivity index (χ3n) is 5.92. The Morgan fingerprint density at radius 2 is 1.84 bits per heavy atom. The van der Waals surface area contributed by atoms with Crippen LogP contribution in [-0.4, -0.2) is 10.6 Å². The number of hydrogen-bond acceptors (Lipinski definition) is 3. The molecule has 2 aliphatic heterocycles. The zero-order valence-corrected chi connectivity index (χ0v) is 19.2. The molecule has 0 saturated carbocycles. The molecule has 0 aromatic heterocycles. The van der Waals surface area contributed by atoms with Crippen molar-refractivity contribution in [3.8, 4) is 16.9 Å². The van der Waals surface area contributed by atoms with Crippen LogP contribution in [0.1, 0.15) is 37.5 Å². The average molecular weight is 480 g/mol. The lowest BCUT2D eigenvalue weighted by molar-refractivity contribution is -0.146. The predicted octanol–water partition coefficient (Wildman–Crippen LogP) is 6.64. The van der Waals surface area contributed by atoms with Crippen LogP contribution < -0.4 is 10.1 Å². The first-order valence-corrected chi connectivity index (χ1v) is 11.1. The highest BCUT2D eigenvalue weighted by Gasteiger charge is 2.43. The van der Waals surface area contributed by atoms with E-state index in [0.717, 1.165) is 32.4 Å². The Morgan fingerprint density at radius 3 is 2.61 bits per heavy atom. The molecule has 2 aliphatic rings. The van der Waals surface area contributed by atoms with Gasteiger partial charge in [0.15, 0.2) is 0 Å². The van der Waals surface area contributed by atoms with Crippen LogP contribution >= 0.6 is 15.9 Å². The van der Waals surface area contributed by atoms with Crippen LogP contribution in [0.4, 0.5) is 10.1 Å². The van der Waals surface area contributed by atoms with Crippen molar-refractivity contribution in [3.63, 3.8) is 0 Å². The minimum atomic E-state index is -1.62. The summed E-state index contributed by atoms with van der Waals surface area (Å²) in [5, 5.41) is 15.6. The molecule has 2 N–H and O–H groups in total. The number of hydrogen-bond donors (Lipinski definition) is 2. The van der Waals surface area contributed by atoms with Crippen LogP contribution in [0.15, 0.2) is 65.1 Å². The van der Waals surface area contributed by atoms with Gasteiger partial charge in [0.1, 0.15) is 11.6 Å². The molecular formula is C26H23BrFNO2. The van der Waals surface area contributed by atoms with Crippen LogP contribution in [0.3, 0.4) is 0 Å². The minimum absolute atomic E-state index is 0.217. The van der Waals surface area contributed by atoms with Crippen molar-refractivity contribution in [2.75, 3.05) is 5.32 Å². The van der Waals surface area contributed by atoms with Gasteiger partial charge < -0.3 is 15.2 Å². The number of aliphatic hydroxyl groups is 1. The Morgan fingerprint density at radius 1 is 1.06 bits per heavy atom. The van der Waals surface area contributed by atoms with Gasteiger partial charge in [-0.25, -0.2) is 4.39 Å². The van der Waals surface area contributed by atoms with Crippen molar-refractivity contribution < 1.29 is 14.2 Å². The van der Waals surface area contributed by atoms with E-state index < -0.39 is 5.79 Å². The van der Waals surface area contributed by atoms with Gasteiger partial charge >= 0.3 is 0 Å². The molecule has 3 nitrogen and oxygen atoms in total. The average Bonchev–Trinajstić information content (AvgIpc) is 2.69. The highest BCUT2D eigenvalue weighted by atomic mass is 79.9. The topological polar surface area (TPSA) is 41.5 Å². The van der Waals surface area contributed by atoms with Crippen LogP contribution in [0, 0.1) is 5.82 Å². The van der Waals surface area contributed by atoms with E-state index in [4.69, 9.17) is 4.74 Å². The normalized spacial score (nSPS) is 20.5. The summed E-state index contributed by atoms with van der Waals surface area (Å²) >= 11 is 3.59. The summed E-state index contributed by atoms with van der Waals surface area (Å²) in [6, 6.07) is 16.1. The predicted molar refractivity (Wildman–Crippen MR) is 126 cm³/mol. The van der Waals surface area contributed by atoms with E-state index in [1.165, 1.54) is 12.1 Å². The summed E-state index contributed by atoms with van der Waals surface area (Å²) in [7, 11) is 0. The summed E-state index contributed by atoms with van der Waals surface area (Å²) in [6.07, 6.45) is 2.39. The Bertz CT molecular complexity index is 1250. The molecule has 0 fully saturated rings. The summed E-state index contributed by atoms with van der Waals surface area (Å²) in [5.74, 6) is -1.49. The fourth-order valence-corrected chi connectivity index (χ4v) is 5.23. The lowest BCUT2D eigenvalue weighted by Crippen LogP contribution is -2.41. The molecule has 3 aromatic carbocycles. The number of halogens is 2. The quantitative estimate of drug-likeness (QED) is 0.432. The molecule has 3 aromatic rings. The van der Waals surface area contributed by atoms with E-state index in [0.29, 0.717) is 16.9 Å². The fraction of sp³-hybridized carbons (Fsp3) is 0.231. The van der Waals surface area contributed by atoms with Crippen molar-refractivity contribution >= 4 is 27.2 Å². The van der Waals surface area contributed by atoms with Crippen molar-refractivity contribution in [1.29, 1.82) is 0 Å². The largest absolute Gasteiger partial charge is 0.457 e. The van der Waals surface area contributed by atoms with Gasteiger partial charge in [0.2, 0.25) is 5.79 Å². The van der Waals surface area contributed by atoms with Gasteiger partial charge in [0, 0.05) is 33.3 Å². The molecule has 31 heavy (non-hydrogen) atoms.